The first-order valence-corrected chi connectivity index (χ1v) is 6.73. The molecule has 3 N–H and O–H groups in total. The van der Waals surface area contributed by atoms with Crippen molar-refractivity contribution in [3.05, 3.63) is 5.82 Å². The van der Waals surface area contributed by atoms with E-state index in [1.807, 2.05) is 0 Å². The molecule has 1 aromatic rings. The number of aromatic nitrogens is 3. The smallest absolute Gasteiger partial charge is 0.244 e. The van der Waals surface area contributed by atoms with Crippen molar-refractivity contribution >= 4 is 5.95 Å². The zero-order valence-electron chi connectivity index (χ0n) is 10.2. The molecule has 1 atom stereocenters. The second kappa shape index (κ2) is 4.64. The lowest BCUT2D eigenvalue weighted by Crippen LogP contribution is -2.27. The number of hydrogen-bond donors (Lipinski definition) is 2. The Balaban J connectivity index is 1.61. The first kappa shape index (κ1) is 11.0. The first-order chi connectivity index (χ1) is 8.31. The molecule has 5 heteroatoms. The number of hydrogen-bond acceptors (Lipinski definition) is 4. The SMILES string of the molecule is NC1CCN(c2n[nH]c(CC3CCCC3)n2)C1. The molecule has 5 nitrogen and oxygen atoms in total. The van der Waals surface area contributed by atoms with E-state index in [1.165, 1.54) is 25.7 Å². The topological polar surface area (TPSA) is 70.8 Å². The van der Waals surface area contributed by atoms with Gasteiger partial charge in [0.2, 0.25) is 5.95 Å². The van der Waals surface area contributed by atoms with E-state index < -0.39 is 0 Å². The Bertz CT molecular complexity index is 369. The molecule has 94 valence electrons. The highest BCUT2D eigenvalue weighted by molar-refractivity contribution is 5.31. The molecule has 1 saturated heterocycles. The highest BCUT2D eigenvalue weighted by Crippen LogP contribution is 2.27. The molecule has 1 saturated carbocycles. The van der Waals surface area contributed by atoms with E-state index >= 15 is 0 Å². The molecule has 0 radical (unpaired) electrons. The van der Waals surface area contributed by atoms with Gasteiger partial charge in [-0.2, -0.15) is 4.98 Å². The fourth-order valence-electron chi connectivity index (χ4n) is 2.97. The van der Waals surface area contributed by atoms with Gasteiger partial charge in [0.1, 0.15) is 5.82 Å². The summed E-state index contributed by atoms with van der Waals surface area (Å²) >= 11 is 0. The summed E-state index contributed by atoms with van der Waals surface area (Å²) in [6.45, 7) is 1.88. The van der Waals surface area contributed by atoms with E-state index in [9.17, 15) is 0 Å². The van der Waals surface area contributed by atoms with E-state index in [-0.39, 0.29) is 6.04 Å². The number of aromatic amines is 1. The molecule has 1 aliphatic heterocycles. The van der Waals surface area contributed by atoms with Gasteiger partial charge in [-0.05, 0) is 12.3 Å². The predicted octanol–water partition coefficient (Wildman–Crippen LogP) is 1.07. The Hall–Kier alpha value is -1.10. The summed E-state index contributed by atoms with van der Waals surface area (Å²) in [5.74, 6) is 2.70. The summed E-state index contributed by atoms with van der Waals surface area (Å²) in [6.07, 6.45) is 7.58. The molecule has 0 bridgehead atoms. The minimum Gasteiger partial charge on any atom is -0.338 e. The summed E-state index contributed by atoms with van der Waals surface area (Å²) < 4.78 is 0. The molecule has 0 aromatic carbocycles. The molecule has 2 aliphatic rings. The predicted molar refractivity (Wildman–Crippen MR) is 66.9 cm³/mol. The Morgan fingerprint density at radius 1 is 1.29 bits per heavy atom. The average Bonchev–Trinajstić information content (AvgIpc) is 2.99. The molecule has 1 unspecified atom stereocenters. The monoisotopic (exact) mass is 235 g/mol. The lowest BCUT2D eigenvalue weighted by atomic mass is 10.0. The third-order valence-electron chi connectivity index (χ3n) is 3.98. The van der Waals surface area contributed by atoms with Crippen LogP contribution in [0.2, 0.25) is 0 Å². The van der Waals surface area contributed by atoms with Gasteiger partial charge in [-0.3, -0.25) is 5.10 Å². The van der Waals surface area contributed by atoms with Crippen LogP contribution in [0.3, 0.4) is 0 Å². The van der Waals surface area contributed by atoms with E-state index in [0.717, 1.165) is 43.6 Å². The second-order valence-corrected chi connectivity index (χ2v) is 5.43. The molecule has 2 heterocycles. The van der Waals surface area contributed by atoms with Gasteiger partial charge in [-0.15, -0.1) is 5.10 Å². The van der Waals surface area contributed by atoms with Crippen LogP contribution in [-0.4, -0.2) is 34.3 Å². The summed E-state index contributed by atoms with van der Waals surface area (Å²) in [5.41, 5.74) is 5.89. The van der Waals surface area contributed by atoms with Crippen LogP contribution in [0.5, 0.6) is 0 Å². The Morgan fingerprint density at radius 2 is 2.12 bits per heavy atom. The van der Waals surface area contributed by atoms with Crippen LogP contribution >= 0.6 is 0 Å². The first-order valence-electron chi connectivity index (χ1n) is 6.73. The molecular weight excluding hydrogens is 214 g/mol. The molecule has 1 aromatic heterocycles. The fourth-order valence-corrected chi connectivity index (χ4v) is 2.97. The van der Waals surface area contributed by atoms with Gasteiger partial charge in [-0.1, -0.05) is 25.7 Å². The molecule has 0 amide bonds. The minimum absolute atomic E-state index is 0.284. The van der Waals surface area contributed by atoms with Gasteiger partial charge in [0.25, 0.3) is 0 Å². The molecule has 1 aliphatic carbocycles. The summed E-state index contributed by atoms with van der Waals surface area (Å²) in [7, 11) is 0. The van der Waals surface area contributed by atoms with Crippen LogP contribution in [0, 0.1) is 5.92 Å². The van der Waals surface area contributed by atoms with Crippen LogP contribution in [0.15, 0.2) is 0 Å². The fraction of sp³-hybridized carbons (Fsp3) is 0.833. The third kappa shape index (κ3) is 2.44. The zero-order chi connectivity index (χ0) is 11.7. The number of anilines is 1. The summed E-state index contributed by atoms with van der Waals surface area (Å²) in [4.78, 5) is 6.77. The van der Waals surface area contributed by atoms with Gasteiger partial charge in [0.05, 0.1) is 0 Å². The third-order valence-corrected chi connectivity index (χ3v) is 3.98. The van der Waals surface area contributed by atoms with Gasteiger partial charge in [0.15, 0.2) is 0 Å². The highest BCUT2D eigenvalue weighted by atomic mass is 15.4. The van der Waals surface area contributed by atoms with Crippen molar-refractivity contribution in [2.75, 3.05) is 18.0 Å². The number of H-pyrrole nitrogens is 1. The van der Waals surface area contributed by atoms with Crippen molar-refractivity contribution in [2.45, 2.75) is 44.6 Å². The minimum atomic E-state index is 0.284. The van der Waals surface area contributed by atoms with Crippen molar-refractivity contribution in [1.82, 2.24) is 15.2 Å². The average molecular weight is 235 g/mol. The maximum Gasteiger partial charge on any atom is 0.244 e. The second-order valence-electron chi connectivity index (χ2n) is 5.43. The Labute approximate surface area is 102 Å². The van der Waals surface area contributed by atoms with E-state index in [1.54, 1.807) is 0 Å². The quantitative estimate of drug-likeness (QED) is 0.822. The van der Waals surface area contributed by atoms with Gasteiger partial charge in [-0.25, -0.2) is 0 Å². The largest absolute Gasteiger partial charge is 0.338 e. The van der Waals surface area contributed by atoms with Gasteiger partial charge < -0.3 is 10.6 Å². The molecular formula is C12H21N5. The van der Waals surface area contributed by atoms with Gasteiger partial charge >= 0.3 is 0 Å². The van der Waals surface area contributed by atoms with Crippen LogP contribution in [0.1, 0.15) is 37.9 Å². The Morgan fingerprint density at radius 3 is 2.82 bits per heavy atom. The van der Waals surface area contributed by atoms with Crippen LogP contribution in [0.4, 0.5) is 5.95 Å². The molecule has 2 fully saturated rings. The van der Waals surface area contributed by atoms with Gasteiger partial charge in [0, 0.05) is 25.6 Å². The van der Waals surface area contributed by atoms with Crippen LogP contribution in [-0.2, 0) is 6.42 Å². The van der Waals surface area contributed by atoms with Crippen LogP contribution < -0.4 is 10.6 Å². The number of nitrogens with zero attached hydrogens (tertiary/aromatic N) is 3. The van der Waals surface area contributed by atoms with Crippen molar-refractivity contribution < 1.29 is 0 Å². The van der Waals surface area contributed by atoms with Crippen LogP contribution in [0.25, 0.3) is 0 Å². The van der Waals surface area contributed by atoms with E-state index in [2.05, 4.69) is 20.1 Å². The van der Waals surface area contributed by atoms with Crippen molar-refractivity contribution in [2.24, 2.45) is 11.7 Å². The zero-order valence-corrected chi connectivity index (χ0v) is 10.2. The standard InChI is InChI=1S/C12H21N5/c13-10-5-6-17(8-10)12-14-11(15-16-12)7-9-3-1-2-4-9/h9-10H,1-8,13H2,(H,14,15,16). The molecule has 0 spiro atoms. The van der Waals surface area contributed by atoms with Crippen molar-refractivity contribution in [3.63, 3.8) is 0 Å². The number of nitrogens with one attached hydrogen (secondary N) is 1. The number of rotatable bonds is 3. The maximum atomic E-state index is 5.89. The summed E-state index contributed by atoms with van der Waals surface area (Å²) in [6, 6.07) is 0.284. The van der Waals surface area contributed by atoms with Crippen molar-refractivity contribution in [3.8, 4) is 0 Å². The molecule has 17 heavy (non-hydrogen) atoms. The molecule has 3 rings (SSSR count). The highest BCUT2D eigenvalue weighted by Gasteiger charge is 2.23. The van der Waals surface area contributed by atoms with E-state index in [0.29, 0.717) is 0 Å². The maximum absolute atomic E-state index is 5.89. The van der Waals surface area contributed by atoms with E-state index in [4.69, 9.17) is 5.73 Å². The normalized spacial score (nSPS) is 25.9. The number of nitrogens with two attached hydrogens (primary N) is 1. The van der Waals surface area contributed by atoms with Crippen molar-refractivity contribution in [1.29, 1.82) is 0 Å². The lowest BCUT2D eigenvalue weighted by molar-refractivity contribution is 0.531. The Kier molecular flexibility index (Phi) is 3.01. The summed E-state index contributed by atoms with van der Waals surface area (Å²) in [5, 5.41) is 7.39. The lowest BCUT2D eigenvalue weighted by Gasteiger charge is -2.11.